The van der Waals surface area contributed by atoms with Crippen LogP contribution in [0.1, 0.15) is 12.8 Å². The van der Waals surface area contributed by atoms with E-state index in [4.69, 9.17) is 9.97 Å². The molecule has 2 amide bonds. The first-order valence-corrected chi connectivity index (χ1v) is 15.3. The second-order valence-corrected chi connectivity index (χ2v) is 12.0. The highest BCUT2D eigenvalue weighted by Crippen LogP contribution is 2.30. The van der Waals surface area contributed by atoms with Gasteiger partial charge in [0, 0.05) is 48.4 Å². The molecule has 0 bridgehead atoms. The van der Waals surface area contributed by atoms with Gasteiger partial charge in [-0.2, -0.15) is 0 Å². The molecule has 0 unspecified atom stereocenters. The molecule has 2 aromatic heterocycles. The Morgan fingerprint density at radius 2 is 0.935 bits per heavy atom. The van der Waals surface area contributed by atoms with E-state index in [1.807, 2.05) is 98.7 Å². The molecule has 0 aliphatic heterocycles. The first-order valence-electron chi connectivity index (χ1n) is 15.3. The summed E-state index contributed by atoms with van der Waals surface area (Å²) >= 11 is 0. The number of amides is 2. The molecule has 2 heterocycles. The number of aromatic nitrogens is 4. The minimum Gasteiger partial charge on any atom is -0.338 e. The molecule has 46 heavy (non-hydrogen) atoms. The second kappa shape index (κ2) is 13.4. The van der Waals surface area contributed by atoms with Gasteiger partial charge < -0.3 is 30.4 Å². The van der Waals surface area contributed by atoms with E-state index in [-0.39, 0.29) is 11.8 Å². The van der Waals surface area contributed by atoms with Crippen LogP contribution in [0, 0.1) is 0 Å². The summed E-state index contributed by atoms with van der Waals surface area (Å²) in [4.78, 5) is 44.8. The fourth-order valence-corrected chi connectivity index (χ4v) is 5.17. The molecule has 0 saturated carbocycles. The molecular weight excluding hydrogens is 576 g/mol. The molecule has 0 fully saturated rings. The van der Waals surface area contributed by atoms with Crippen molar-refractivity contribution in [3.63, 3.8) is 0 Å². The molecular formula is C36H38N8O2. The van der Waals surface area contributed by atoms with E-state index in [1.54, 1.807) is 0 Å². The quantitative estimate of drug-likeness (QED) is 0.137. The van der Waals surface area contributed by atoms with E-state index in [0.29, 0.717) is 25.9 Å². The zero-order chi connectivity index (χ0) is 32.2. The van der Waals surface area contributed by atoms with Gasteiger partial charge in [0.2, 0.25) is 11.8 Å². The largest absolute Gasteiger partial charge is 0.338 e. The number of H-pyrrole nitrogens is 2. The van der Waals surface area contributed by atoms with Crippen molar-refractivity contribution < 1.29 is 9.59 Å². The van der Waals surface area contributed by atoms with Gasteiger partial charge in [-0.25, -0.2) is 9.97 Å². The molecule has 0 aliphatic carbocycles. The van der Waals surface area contributed by atoms with Crippen LogP contribution < -0.4 is 10.6 Å². The van der Waals surface area contributed by atoms with Crippen molar-refractivity contribution in [3.05, 3.63) is 84.9 Å². The minimum atomic E-state index is -0.00527. The highest BCUT2D eigenvalue weighted by Gasteiger charge is 2.11. The van der Waals surface area contributed by atoms with E-state index in [1.165, 1.54) is 0 Å². The number of hydrogen-bond acceptors (Lipinski definition) is 6. The van der Waals surface area contributed by atoms with Crippen LogP contribution >= 0.6 is 0 Å². The predicted molar refractivity (Wildman–Crippen MR) is 186 cm³/mol. The summed E-state index contributed by atoms with van der Waals surface area (Å²) in [5.41, 5.74) is 9.16. The van der Waals surface area contributed by atoms with E-state index in [9.17, 15) is 9.59 Å². The fraction of sp³-hybridized carbons (Fsp3) is 0.222. The molecule has 4 N–H and O–H groups in total. The first-order chi connectivity index (χ1) is 22.2. The third-order valence-corrected chi connectivity index (χ3v) is 7.75. The monoisotopic (exact) mass is 614 g/mol. The number of benzene rings is 4. The standard InChI is InChI=1S/C36H38N8O2/c1-43(2)19-17-33(45)37-27-11-5-23(6-12-27)35-39-29-15-9-25(21-31(29)41-35)26-10-16-30-32(22-26)42-36(40-30)24-7-13-28(14-8-24)38-34(46)18-20-44(3)4/h5-16,21-22H,17-20H2,1-4H3,(H,37,45)(H,38,46)(H,39,41)(H,40,42). The number of nitrogens with one attached hydrogen (secondary N) is 4. The van der Waals surface area contributed by atoms with Crippen molar-refractivity contribution in [1.29, 1.82) is 0 Å². The van der Waals surface area contributed by atoms with Crippen LogP contribution in [0.2, 0.25) is 0 Å². The Kier molecular flexibility index (Phi) is 8.91. The molecule has 0 saturated heterocycles. The van der Waals surface area contributed by atoms with E-state index in [2.05, 4.69) is 44.9 Å². The molecule has 0 spiro atoms. The lowest BCUT2D eigenvalue weighted by Gasteiger charge is -2.09. The summed E-state index contributed by atoms with van der Waals surface area (Å²) in [5, 5.41) is 5.90. The van der Waals surface area contributed by atoms with Crippen molar-refractivity contribution in [3.8, 4) is 33.9 Å². The maximum Gasteiger partial charge on any atom is 0.225 e. The van der Waals surface area contributed by atoms with Crippen molar-refractivity contribution >= 4 is 45.3 Å². The zero-order valence-corrected chi connectivity index (χ0v) is 26.5. The number of carbonyl (C=O) groups excluding carboxylic acids is 2. The lowest BCUT2D eigenvalue weighted by atomic mass is 10.0. The molecule has 0 atom stereocenters. The number of aromatic amines is 2. The maximum atomic E-state index is 12.2. The topological polar surface area (TPSA) is 122 Å². The van der Waals surface area contributed by atoms with E-state index >= 15 is 0 Å². The van der Waals surface area contributed by atoms with Crippen LogP contribution in [0.3, 0.4) is 0 Å². The number of nitrogens with zero attached hydrogens (tertiary/aromatic N) is 4. The maximum absolute atomic E-state index is 12.2. The molecule has 0 aliphatic rings. The van der Waals surface area contributed by atoms with Crippen LogP contribution in [0.25, 0.3) is 56.0 Å². The van der Waals surface area contributed by atoms with E-state index < -0.39 is 0 Å². The summed E-state index contributed by atoms with van der Waals surface area (Å²) in [6.07, 6.45) is 0.894. The Balaban J connectivity index is 1.15. The highest BCUT2D eigenvalue weighted by molar-refractivity contribution is 5.92. The highest BCUT2D eigenvalue weighted by atomic mass is 16.2. The number of fused-ring (bicyclic) bond motifs is 2. The van der Waals surface area contributed by atoms with Gasteiger partial charge in [0.15, 0.2) is 0 Å². The normalized spacial score (nSPS) is 11.5. The molecule has 234 valence electrons. The van der Waals surface area contributed by atoms with Gasteiger partial charge in [-0.05, 0) is 112 Å². The number of rotatable bonds is 11. The van der Waals surface area contributed by atoms with Crippen molar-refractivity contribution in [1.82, 2.24) is 29.7 Å². The van der Waals surface area contributed by atoms with Crippen LogP contribution in [0.4, 0.5) is 11.4 Å². The lowest BCUT2D eigenvalue weighted by Crippen LogP contribution is -2.20. The average molecular weight is 615 g/mol. The molecule has 0 radical (unpaired) electrons. The predicted octanol–water partition coefficient (Wildman–Crippen LogP) is 6.22. The fourth-order valence-electron chi connectivity index (χ4n) is 5.17. The summed E-state index contributed by atoms with van der Waals surface area (Å²) in [6, 6.07) is 27.8. The Hall–Kier alpha value is -5.32. The van der Waals surface area contributed by atoms with Crippen LogP contribution in [-0.4, -0.2) is 82.8 Å². The average Bonchev–Trinajstić information content (AvgIpc) is 3.67. The molecule has 6 rings (SSSR count). The van der Waals surface area contributed by atoms with Crippen LogP contribution in [0.5, 0.6) is 0 Å². The number of hydrogen-bond donors (Lipinski definition) is 4. The van der Waals surface area contributed by atoms with Gasteiger partial charge in [0.1, 0.15) is 11.6 Å². The number of imidazole rings is 2. The molecule has 4 aromatic carbocycles. The van der Waals surface area contributed by atoms with Gasteiger partial charge in [0.05, 0.1) is 22.1 Å². The summed E-state index contributed by atoms with van der Waals surface area (Å²) in [6.45, 7) is 1.41. The van der Waals surface area contributed by atoms with Crippen LogP contribution in [0.15, 0.2) is 84.9 Å². The van der Waals surface area contributed by atoms with Gasteiger partial charge in [-0.1, -0.05) is 12.1 Å². The Labute approximate surface area is 267 Å². The Bertz CT molecular complexity index is 1840. The number of carbonyl (C=O) groups is 2. The third-order valence-electron chi connectivity index (χ3n) is 7.75. The lowest BCUT2D eigenvalue weighted by molar-refractivity contribution is -0.117. The van der Waals surface area contributed by atoms with Gasteiger partial charge in [-0.15, -0.1) is 0 Å². The third kappa shape index (κ3) is 7.31. The summed E-state index contributed by atoms with van der Waals surface area (Å²) in [7, 11) is 7.80. The minimum absolute atomic E-state index is 0.00527. The molecule has 10 nitrogen and oxygen atoms in total. The second-order valence-electron chi connectivity index (χ2n) is 12.0. The van der Waals surface area contributed by atoms with Crippen LogP contribution in [-0.2, 0) is 9.59 Å². The van der Waals surface area contributed by atoms with E-state index in [0.717, 1.165) is 67.3 Å². The van der Waals surface area contributed by atoms with Crippen molar-refractivity contribution in [2.45, 2.75) is 12.8 Å². The van der Waals surface area contributed by atoms with Gasteiger partial charge >= 0.3 is 0 Å². The van der Waals surface area contributed by atoms with Crippen molar-refractivity contribution in [2.75, 3.05) is 51.9 Å². The van der Waals surface area contributed by atoms with Crippen molar-refractivity contribution in [2.24, 2.45) is 0 Å². The summed E-state index contributed by atoms with van der Waals surface area (Å²) < 4.78 is 0. The smallest absolute Gasteiger partial charge is 0.225 e. The van der Waals surface area contributed by atoms with Gasteiger partial charge in [0.25, 0.3) is 0 Å². The summed E-state index contributed by atoms with van der Waals surface area (Å²) in [5.74, 6) is 1.53. The molecule has 6 aromatic rings. The Morgan fingerprint density at radius 1 is 0.565 bits per heavy atom. The number of anilines is 2. The van der Waals surface area contributed by atoms with Gasteiger partial charge in [-0.3, -0.25) is 9.59 Å². The molecule has 10 heteroatoms. The Morgan fingerprint density at radius 3 is 1.30 bits per heavy atom. The SMILES string of the molecule is CN(C)CCC(=O)Nc1ccc(-c2nc3ccc(-c4ccc5nc(-c6ccc(NC(=O)CCN(C)C)cc6)[nH]c5c4)cc3[nH]2)cc1. The first kappa shape index (κ1) is 30.7. The zero-order valence-electron chi connectivity index (χ0n) is 26.5.